The molecule has 2 heterocycles. The number of anilines is 2. The number of alkyl halides is 3. The lowest BCUT2D eigenvalue weighted by Gasteiger charge is -2.12. The van der Waals surface area contributed by atoms with E-state index in [-0.39, 0.29) is 24.0 Å². The number of ether oxygens (including phenoxy) is 1. The number of aromatic nitrogens is 3. The SMILES string of the molecule is COc1cc(Nc2nccc(-c3nc(C)c(CCO)s3)n2)cc(C(F)(F)F)c1. The largest absolute Gasteiger partial charge is 0.497 e. The van der Waals surface area contributed by atoms with Crippen molar-refractivity contribution in [3.05, 3.63) is 46.6 Å². The molecule has 0 saturated carbocycles. The molecular formula is C18H17F3N4O2S. The van der Waals surface area contributed by atoms with Gasteiger partial charge in [-0.15, -0.1) is 11.3 Å². The minimum Gasteiger partial charge on any atom is -0.497 e. The number of nitrogens with zero attached hydrogens (tertiary/aromatic N) is 3. The number of rotatable bonds is 6. The van der Waals surface area contributed by atoms with Crippen molar-refractivity contribution in [3.8, 4) is 16.5 Å². The second kappa shape index (κ2) is 8.11. The number of aliphatic hydroxyl groups excluding tert-OH is 1. The Hall–Kier alpha value is -2.72. The number of hydrogen-bond acceptors (Lipinski definition) is 7. The molecule has 0 aliphatic rings. The number of hydrogen-bond donors (Lipinski definition) is 2. The van der Waals surface area contributed by atoms with Crippen LogP contribution in [-0.2, 0) is 12.6 Å². The van der Waals surface area contributed by atoms with Crippen molar-refractivity contribution in [2.24, 2.45) is 0 Å². The molecule has 148 valence electrons. The van der Waals surface area contributed by atoms with Crippen molar-refractivity contribution >= 4 is 23.0 Å². The zero-order valence-corrected chi connectivity index (χ0v) is 15.9. The summed E-state index contributed by atoms with van der Waals surface area (Å²) in [6.45, 7) is 1.87. The Labute approximate surface area is 163 Å². The number of thiazole rings is 1. The maximum Gasteiger partial charge on any atom is 0.416 e. The third kappa shape index (κ3) is 4.57. The van der Waals surface area contributed by atoms with Crippen molar-refractivity contribution in [2.45, 2.75) is 19.5 Å². The normalized spacial score (nSPS) is 11.5. The zero-order valence-electron chi connectivity index (χ0n) is 15.0. The molecule has 10 heteroatoms. The Morgan fingerprint density at radius 3 is 2.68 bits per heavy atom. The van der Waals surface area contributed by atoms with Gasteiger partial charge in [0, 0.05) is 35.9 Å². The average Bonchev–Trinajstić information content (AvgIpc) is 3.02. The van der Waals surface area contributed by atoms with Gasteiger partial charge in [0.25, 0.3) is 0 Å². The number of benzene rings is 1. The maximum atomic E-state index is 13.1. The second-order valence-corrected chi connectivity index (χ2v) is 6.92. The van der Waals surface area contributed by atoms with E-state index in [1.54, 1.807) is 6.07 Å². The molecule has 6 nitrogen and oxygen atoms in total. The fourth-order valence-electron chi connectivity index (χ4n) is 2.49. The number of aryl methyl sites for hydroxylation is 1. The lowest BCUT2D eigenvalue weighted by atomic mass is 10.2. The predicted molar refractivity (Wildman–Crippen MR) is 99.9 cm³/mol. The lowest BCUT2D eigenvalue weighted by molar-refractivity contribution is -0.137. The van der Waals surface area contributed by atoms with Crippen molar-refractivity contribution in [3.63, 3.8) is 0 Å². The van der Waals surface area contributed by atoms with Crippen molar-refractivity contribution in [1.29, 1.82) is 0 Å². The van der Waals surface area contributed by atoms with E-state index in [0.29, 0.717) is 17.1 Å². The van der Waals surface area contributed by atoms with Crippen LogP contribution in [-0.4, -0.2) is 33.8 Å². The highest BCUT2D eigenvalue weighted by Gasteiger charge is 2.31. The Bertz CT molecular complexity index is 976. The molecule has 3 aromatic rings. The molecule has 0 unspecified atom stereocenters. The van der Waals surface area contributed by atoms with Gasteiger partial charge in [-0.2, -0.15) is 13.2 Å². The third-order valence-electron chi connectivity index (χ3n) is 3.83. The summed E-state index contributed by atoms with van der Waals surface area (Å²) < 4.78 is 44.2. The van der Waals surface area contributed by atoms with Crippen LogP contribution in [0.25, 0.3) is 10.7 Å². The number of aliphatic hydroxyl groups is 1. The summed E-state index contributed by atoms with van der Waals surface area (Å²) in [6, 6.07) is 4.98. The molecule has 0 amide bonds. The number of halogens is 3. The van der Waals surface area contributed by atoms with Crippen LogP contribution in [0.1, 0.15) is 16.1 Å². The topological polar surface area (TPSA) is 80.2 Å². The first kappa shape index (κ1) is 20.0. The van der Waals surface area contributed by atoms with E-state index in [1.165, 1.54) is 30.7 Å². The summed E-state index contributed by atoms with van der Waals surface area (Å²) in [6.07, 6.45) is -2.50. The van der Waals surface area contributed by atoms with E-state index in [1.807, 2.05) is 6.92 Å². The molecule has 0 bridgehead atoms. The van der Waals surface area contributed by atoms with Gasteiger partial charge in [0.05, 0.1) is 18.4 Å². The second-order valence-electron chi connectivity index (χ2n) is 5.84. The summed E-state index contributed by atoms with van der Waals surface area (Å²) in [5, 5.41) is 12.5. The predicted octanol–water partition coefficient (Wildman–Crippen LogP) is 4.21. The minimum atomic E-state index is -4.50. The quantitative estimate of drug-likeness (QED) is 0.634. The minimum absolute atomic E-state index is 0.0242. The molecule has 2 aromatic heterocycles. The summed E-state index contributed by atoms with van der Waals surface area (Å²) in [5.41, 5.74) is 0.660. The molecule has 0 fully saturated rings. The maximum absolute atomic E-state index is 13.1. The molecule has 28 heavy (non-hydrogen) atoms. The van der Waals surface area contributed by atoms with Crippen molar-refractivity contribution in [2.75, 3.05) is 19.0 Å². The zero-order chi connectivity index (χ0) is 20.3. The number of nitrogens with one attached hydrogen (secondary N) is 1. The smallest absolute Gasteiger partial charge is 0.416 e. The van der Waals surface area contributed by atoms with E-state index in [0.717, 1.165) is 22.7 Å². The fraction of sp³-hybridized carbons (Fsp3) is 0.278. The lowest BCUT2D eigenvalue weighted by Crippen LogP contribution is -2.07. The van der Waals surface area contributed by atoms with Crippen LogP contribution in [0.4, 0.5) is 24.8 Å². The molecule has 0 spiro atoms. The molecule has 0 aliphatic carbocycles. The highest BCUT2D eigenvalue weighted by atomic mass is 32.1. The van der Waals surface area contributed by atoms with Crippen molar-refractivity contribution in [1.82, 2.24) is 15.0 Å². The molecule has 0 atom stereocenters. The first-order valence-corrected chi connectivity index (χ1v) is 9.05. The molecule has 2 N–H and O–H groups in total. The van der Waals surface area contributed by atoms with E-state index in [4.69, 9.17) is 9.84 Å². The number of methoxy groups -OCH3 is 1. The van der Waals surface area contributed by atoms with Gasteiger partial charge in [-0.25, -0.2) is 15.0 Å². The van der Waals surface area contributed by atoms with E-state index in [9.17, 15) is 13.2 Å². The Kier molecular flexibility index (Phi) is 5.80. The first-order chi connectivity index (χ1) is 13.3. The van der Waals surface area contributed by atoms with Gasteiger partial charge in [0.15, 0.2) is 0 Å². The standard InChI is InChI=1S/C18H17F3N4O2S/c1-10-15(4-6-26)28-16(23-10)14-3-5-22-17(25-14)24-12-7-11(18(19,20)21)8-13(9-12)27-2/h3,5,7-9,26H,4,6H2,1-2H3,(H,22,24,25). The molecule has 3 rings (SSSR count). The highest BCUT2D eigenvalue weighted by molar-refractivity contribution is 7.15. The van der Waals surface area contributed by atoms with Gasteiger partial charge < -0.3 is 15.2 Å². The summed E-state index contributed by atoms with van der Waals surface area (Å²) >= 11 is 1.41. The van der Waals surface area contributed by atoms with Crippen LogP contribution in [0.3, 0.4) is 0 Å². The highest BCUT2D eigenvalue weighted by Crippen LogP contribution is 2.35. The van der Waals surface area contributed by atoms with Crippen LogP contribution in [0.2, 0.25) is 0 Å². The summed E-state index contributed by atoms with van der Waals surface area (Å²) in [5.74, 6) is 0.202. The van der Waals surface area contributed by atoms with Gasteiger partial charge in [-0.05, 0) is 25.1 Å². The molecule has 0 saturated heterocycles. The van der Waals surface area contributed by atoms with Crippen LogP contribution in [0.5, 0.6) is 5.75 Å². The monoisotopic (exact) mass is 410 g/mol. The fourth-order valence-corrected chi connectivity index (χ4v) is 3.51. The third-order valence-corrected chi connectivity index (χ3v) is 5.07. The van der Waals surface area contributed by atoms with Gasteiger partial charge >= 0.3 is 6.18 Å². The van der Waals surface area contributed by atoms with Gasteiger partial charge in [-0.3, -0.25) is 0 Å². The van der Waals surface area contributed by atoms with Crippen LogP contribution >= 0.6 is 11.3 Å². The van der Waals surface area contributed by atoms with Gasteiger partial charge in [-0.1, -0.05) is 0 Å². The van der Waals surface area contributed by atoms with E-state index < -0.39 is 11.7 Å². The Balaban J connectivity index is 1.90. The van der Waals surface area contributed by atoms with E-state index >= 15 is 0 Å². The van der Waals surface area contributed by atoms with Crippen molar-refractivity contribution < 1.29 is 23.0 Å². The Morgan fingerprint density at radius 2 is 2.00 bits per heavy atom. The molecule has 1 aromatic carbocycles. The van der Waals surface area contributed by atoms with Crippen LogP contribution in [0, 0.1) is 6.92 Å². The van der Waals surface area contributed by atoms with Crippen LogP contribution < -0.4 is 10.1 Å². The molecule has 0 aliphatic heterocycles. The Morgan fingerprint density at radius 1 is 1.21 bits per heavy atom. The average molecular weight is 410 g/mol. The van der Waals surface area contributed by atoms with Gasteiger partial charge in [0.1, 0.15) is 16.5 Å². The summed E-state index contributed by atoms with van der Waals surface area (Å²) in [4.78, 5) is 13.8. The molecular weight excluding hydrogens is 393 g/mol. The van der Waals surface area contributed by atoms with E-state index in [2.05, 4.69) is 20.3 Å². The van der Waals surface area contributed by atoms with Crippen LogP contribution in [0.15, 0.2) is 30.5 Å². The molecule has 0 radical (unpaired) electrons. The summed E-state index contributed by atoms with van der Waals surface area (Å²) in [7, 11) is 1.30. The van der Waals surface area contributed by atoms with Gasteiger partial charge in [0.2, 0.25) is 5.95 Å². The first-order valence-electron chi connectivity index (χ1n) is 8.24.